The number of aryl methyl sites for hydroxylation is 2. The van der Waals surface area contributed by atoms with Crippen LogP contribution in [0.15, 0.2) is 72.3 Å². The molecule has 0 radical (unpaired) electrons. The van der Waals surface area contributed by atoms with Crippen molar-refractivity contribution in [3.8, 4) is 0 Å². The van der Waals surface area contributed by atoms with Gasteiger partial charge >= 0.3 is 0 Å². The van der Waals surface area contributed by atoms with Crippen molar-refractivity contribution in [2.75, 3.05) is 4.90 Å². The lowest BCUT2D eigenvalue weighted by molar-refractivity contribution is -0.132. The zero-order valence-electron chi connectivity index (χ0n) is 16.9. The van der Waals surface area contributed by atoms with Crippen LogP contribution in [0.3, 0.4) is 0 Å². The monoisotopic (exact) mass is 419 g/mol. The van der Waals surface area contributed by atoms with E-state index in [4.69, 9.17) is 0 Å². The number of rotatable bonds is 3. The van der Waals surface area contributed by atoms with Crippen LogP contribution >= 0.6 is 0 Å². The predicted octanol–water partition coefficient (Wildman–Crippen LogP) is 5.21. The number of anilines is 1. The second kappa shape index (κ2) is 7.80. The van der Waals surface area contributed by atoms with E-state index < -0.39 is 35.1 Å². The van der Waals surface area contributed by atoms with Gasteiger partial charge in [0.25, 0.3) is 11.7 Å². The van der Waals surface area contributed by atoms with Gasteiger partial charge in [-0.15, -0.1) is 0 Å². The summed E-state index contributed by atoms with van der Waals surface area (Å²) in [7, 11) is 0. The molecule has 3 aromatic carbocycles. The van der Waals surface area contributed by atoms with Crippen LogP contribution in [0.1, 0.15) is 28.3 Å². The Bertz CT molecular complexity index is 1190. The fraction of sp³-hybridized carbons (Fsp3) is 0.120. The average molecular weight is 419 g/mol. The summed E-state index contributed by atoms with van der Waals surface area (Å²) in [5.74, 6) is -3.05. The standard InChI is InChI=1S/C25H19F2NO3/c1-14-11-15(2)13-20(12-14)28-22(16-3-7-18(26)8-4-16)21(24(30)25(28)31)23(29)17-5-9-19(27)10-6-17/h3-13,22,29H,1-2H3/b23-21+. The smallest absolute Gasteiger partial charge is 0.300 e. The molecule has 0 bridgehead atoms. The third kappa shape index (κ3) is 3.72. The first-order valence-electron chi connectivity index (χ1n) is 9.67. The molecule has 0 aromatic heterocycles. The van der Waals surface area contributed by atoms with Crippen LogP contribution in [-0.4, -0.2) is 16.8 Å². The highest BCUT2D eigenvalue weighted by Gasteiger charge is 2.47. The molecule has 1 heterocycles. The Labute approximate surface area is 178 Å². The van der Waals surface area contributed by atoms with E-state index in [1.807, 2.05) is 19.9 Å². The molecular formula is C25H19F2NO3. The number of Topliss-reactive ketones (excluding diaryl/α,β-unsaturated/α-hetero) is 1. The molecule has 1 saturated heterocycles. The number of carbonyl (C=O) groups is 2. The van der Waals surface area contributed by atoms with Crippen molar-refractivity contribution in [2.24, 2.45) is 0 Å². The van der Waals surface area contributed by atoms with Gasteiger partial charge in [0.15, 0.2) is 0 Å². The van der Waals surface area contributed by atoms with Gasteiger partial charge < -0.3 is 5.11 Å². The number of ketones is 1. The first-order valence-corrected chi connectivity index (χ1v) is 9.67. The third-order valence-electron chi connectivity index (χ3n) is 5.23. The van der Waals surface area contributed by atoms with Gasteiger partial charge in [0, 0.05) is 11.3 Å². The number of nitrogens with zero attached hydrogens (tertiary/aromatic N) is 1. The van der Waals surface area contributed by atoms with Crippen molar-refractivity contribution >= 4 is 23.1 Å². The molecule has 1 aliphatic rings. The molecule has 0 saturated carbocycles. The molecule has 6 heteroatoms. The summed E-state index contributed by atoms with van der Waals surface area (Å²) in [5.41, 5.74) is 2.81. The summed E-state index contributed by atoms with van der Waals surface area (Å²) < 4.78 is 26.9. The Balaban J connectivity index is 1.96. The first-order chi connectivity index (χ1) is 14.8. The summed E-state index contributed by atoms with van der Waals surface area (Å²) in [6.07, 6.45) is 0. The van der Waals surface area contributed by atoms with Crippen LogP contribution in [0.25, 0.3) is 5.76 Å². The summed E-state index contributed by atoms with van der Waals surface area (Å²) >= 11 is 0. The Hall–Kier alpha value is -3.80. The molecular weight excluding hydrogens is 400 g/mol. The largest absolute Gasteiger partial charge is 0.507 e. The molecule has 1 atom stereocenters. The Morgan fingerprint density at radius 1 is 0.839 bits per heavy atom. The van der Waals surface area contributed by atoms with E-state index in [1.165, 1.54) is 41.3 Å². The zero-order chi connectivity index (χ0) is 22.3. The van der Waals surface area contributed by atoms with E-state index in [2.05, 4.69) is 0 Å². The molecule has 1 fully saturated rings. The van der Waals surface area contributed by atoms with Crippen LogP contribution in [0.5, 0.6) is 0 Å². The number of aliphatic hydroxyl groups excluding tert-OH is 1. The number of benzene rings is 3. The molecule has 1 aliphatic heterocycles. The molecule has 1 unspecified atom stereocenters. The normalized spacial score (nSPS) is 17.9. The van der Waals surface area contributed by atoms with Gasteiger partial charge in [-0.1, -0.05) is 18.2 Å². The van der Waals surface area contributed by atoms with Crippen LogP contribution in [0, 0.1) is 25.5 Å². The van der Waals surface area contributed by atoms with Crippen molar-refractivity contribution in [2.45, 2.75) is 19.9 Å². The topological polar surface area (TPSA) is 57.6 Å². The van der Waals surface area contributed by atoms with Gasteiger partial charge in [-0.25, -0.2) is 8.78 Å². The Morgan fingerprint density at radius 2 is 1.35 bits per heavy atom. The summed E-state index contributed by atoms with van der Waals surface area (Å²) in [4.78, 5) is 27.4. The van der Waals surface area contributed by atoms with Gasteiger partial charge in [0.2, 0.25) is 0 Å². The van der Waals surface area contributed by atoms with Crippen LogP contribution in [-0.2, 0) is 9.59 Å². The number of amides is 1. The maximum Gasteiger partial charge on any atom is 0.300 e. The summed E-state index contributed by atoms with van der Waals surface area (Å²) in [5, 5.41) is 10.9. The van der Waals surface area contributed by atoms with Crippen molar-refractivity contribution in [3.63, 3.8) is 0 Å². The number of hydrogen-bond acceptors (Lipinski definition) is 3. The van der Waals surface area contributed by atoms with Crippen molar-refractivity contribution < 1.29 is 23.5 Å². The van der Waals surface area contributed by atoms with E-state index in [0.717, 1.165) is 23.3 Å². The van der Waals surface area contributed by atoms with E-state index >= 15 is 0 Å². The van der Waals surface area contributed by atoms with Gasteiger partial charge in [-0.05, 0) is 79.1 Å². The summed E-state index contributed by atoms with van der Waals surface area (Å²) in [6.45, 7) is 3.75. The molecule has 4 nitrogen and oxygen atoms in total. The molecule has 0 spiro atoms. The van der Waals surface area contributed by atoms with Gasteiger partial charge in [0.1, 0.15) is 17.4 Å². The van der Waals surface area contributed by atoms with Crippen molar-refractivity contribution in [1.82, 2.24) is 0 Å². The maximum absolute atomic E-state index is 13.6. The minimum atomic E-state index is -0.966. The van der Waals surface area contributed by atoms with Crippen molar-refractivity contribution in [1.29, 1.82) is 0 Å². The molecule has 3 aromatic rings. The highest BCUT2D eigenvalue weighted by molar-refractivity contribution is 6.51. The van der Waals surface area contributed by atoms with Crippen LogP contribution < -0.4 is 4.90 Å². The van der Waals surface area contributed by atoms with E-state index in [9.17, 15) is 23.5 Å². The SMILES string of the molecule is Cc1cc(C)cc(N2C(=O)C(=O)/C(=C(/O)c3ccc(F)cc3)C2c2ccc(F)cc2)c1. The van der Waals surface area contributed by atoms with Crippen LogP contribution in [0.4, 0.5) is 14.5 Å². The highest BCUT2D eigenvalue weighted by Crippen LogP contribution is 2.42. The summed E-state index contributed by atoms with van der Waals surface area (Å²) in [6, 6.07) is 14.9. The lowest BCUT2D eigenvalue weighted by Crippen LogP contribution is -2.29. The Morgan fingerprint density at radius 3 is 1.90 bits per heavy atom. The predicted molar refractivity (Wildman–Crippen MR) is 113 cm³/mol. The fourth-order valence-electron chi connectivity index (χ4n) is 3.91. The second-order valence-electron chi connectivity index (χ2n) is 7.57. The quantitative estimate of drug-likeness (QED) is 0.360. The molecule has 31 heavy (non-hydrogen) atoms. The van der Waals surface area contributed by atoms with E-state index in [-0.39, 0.29) is 11.1 Å². The second-order valence-corrected chi connectivity index (χ2v) is 7.57. The fourth-order valence-corrected chi connectivity index (χ4v) is 3.91. The first kappa shape index (κ1) is 20.5. The highest BCUT2D eigenvalue weighted by atomic mass is 19.1. The van der Waals surface area contributed by atoms with Gasteiger partial charge in [0.05, 0.1) is 11.6 Å². The molecule has 4 rings (SSSR count). The molecule has 1 amide bonds. The zero-order valence-corrected chi connectivity index (χ0v) is 16.9. The number of aliphatic hydroxyl groups is 1. The van der Waals surface area contributed by atoms with E-state index in [0.29, 0.717) is 11.3 Å². The lowest BCUT2D eigenvalue weighted by Gasteiger charge is -2.26. The number of halogens is 2. The molecule has 156 valence electrons. The minimum Gasteiger partial charge on any atom is -0.507 e. The van der Waals surface area contributed by atoms with Crippen LogP contribution in [0.2, 0.25) is 0 Å². The number of hydrogen-bond donors (Lipinski definition) is 1. The van der Waals surface area contributed by atoms with E-state index in [1.54, 1.807) is 12.1 Å². The number of carbonyl (C=O) groups excluding carboxylic acids is 2. The molecule has 0 aliphatic carbocycles. The minimum absolute atomic E-state index is 0.137. The van der Waals surface area contributed by atoms with Gasteiger partial charge in [-0.2, -0.15) is 0 Å². The van der Waals surface area contributed by atoms with Gasteiger partial charge in [-0.3, -0.25) is 14.5 Å². The maximum atomic E-state index is 13.6. The average Bonchev–Trinajstić information content (AvgIpc) is 2.99. The Kier molecular flexibility index (Phi) is 5.15. The van der Waals surface area contributed by atoms with Crippen molar-refractivity contribution in [3.05, 3.63) is 106 Å². The lowest BCUT2D eigenvalue weighted by atomic mass is 9.95. The third-order valence-corrected chi connectivity index (χ3v) is 5.23. The molecule has 1 N–H and O–H groups in total.